The molecule has 15 nitrogen and oxygen atoms in total. The Hall–Kier alpha value is -3.91. The first-order valence-electron chi connectivity index (χ1n) is 16.3. The molecule has 4 amide bonds. The fourth-order valence-corrected chi connectivity index (χ4v) is 5.65. The van der Waals surface area contributed by atoms with Crippen LogP contribution in [-0.2, 0) is 33.4 Å². The summed E-state index contributed by atoms with van der Waals surface area (Å²) in [5.74, 6) is -5.54. The van der Waals surface area contributed by atoms with Gasteiger partial charge in [0.15, 0.2) is 0 Å². The quantitative estimate of drug-likeness (QED) is 0.147. The third-order valence-electron chi connectivity index (χ3n) is 7.91. The normalized spacial score (nSPS) is 18.2. The van der Waals surface area contributed by atoms with Gasteiger partial charge in [-0.1, -0.05) is 32.1 Å². The minimum absolute atomic E-state index is 0.0249. The van der Waals surface area contributed by atoms with Crippen LogP contribution in [0.1, 0.15) is 106 Å². The van der Waals surface area contributed by atoms with Crippen molar-refractivity contribution in [2.24, 2.45) is 5.92 Å². The summed E-state index contributed by atoms with van der Waals surface area (Å²) in [7, 11) is 0. The van der Waals surface area contributed by atoms with Crippen LogP contribution in [0.3, 0.4) is 0 Å². The molecule has 1 aliphatic heterocycles. The van der Waals surface area contributed by atoms with Gasteiger partial charge in [0.1, 0.15) is 29.8 Å². The molecule has 15 heteroatoms. The topological polar surface area (TPSA) is 209 Å². The molecule has 0 aromatic carbocycles. The number of unbranched alkanes of at least 4 members (excludes halogenated alkanes) is 1. The molecule has 2 aliphatic rings. The van der Waals surface area contributed by atoms with Crippen molar-refractivity contribution in [3.63, 3.8) is 0 Å². The highest BCUT2D eigenvalue weighted by Gasteiger charge is 2.45. The van der Waals surface area contributed by atoms with E-state index < -0.39 is 77.6 Å². The van der Waals surface area contributed by atoms with E-state index in [1.165, 1.54) is 4.90 Å². The van der Waals surface area contributed by atoms with Crippen molar-refractivity contribution < 1.29 is 53.2 Å². The summed E-state index contributed by atoms with van der Waals surface area (Å²) in [6, 6.07) is -3.62. The number of likely N-dealkylation sites (tertiary alicyclic amines) is 1. The molecule has 3 atom stereocenters. The number of nitrogens with zero attached hydrogens (tertiary/aromatic N) is 2. The lowest BCUT2D eigenvalue weighted by Crippen LogP contribution is -2.64. The Kier molecular flexibility index (Phi) is 14.5. The van der Waals surface area contributed by atoms with Crippen molar-refractivity contribution in [2.45, 2.75) is 135 Å². The van der Waals surface area contributed by atoms with Crippen LogP contribution in [0.15, 0.2) is 0 Å². The number of hydrogen-bond acceptors (Lipinski definition) is 9. The van der Waals surface area contributed by atoms with E-state index in [4.69, 9.17) is 9.47 Å². The predicted molar refractivity (Wildman–Crippen MR) is 168 cm³/mol. The minimum Gasteiger partial charge on any atom is -0.480 e. The van der Waals surface area contributed by atoms with Gasteiger partial charge in [0.25, 0.3) is 5.78 Å². The van der Waals surface area contributed by atoms with Crippen LogP contribution in [0.4, 0.5) is 9.59 Å². The van der Waals surface area contributed by atoms with E-state index in [-0.39, 0.29) is 44.7 Å². The lowest BCUT2D eigenvalue weighted by Gasteiger charge is -2.44. The molecule has 1 saturated heterocycles. The molecule has 0 spiro atoms. The minimum atomic E-state index is -1.72. The number of rotatable bonds is 15. The Balaban J connectivity index is 2.16. The largest absolute Gasteiger partial charge is 0.480 e. The van der Waals surface area contributed by atoms with E-state index >= 15 is 0 Å². The number of hydrogen-bond donors (Lipinski definition) is 4. The average Bonchev–Trinajstić information content (AvgIpc) is 2.91. The number of aliphatic carboxylic acids is 2. The third kappa shape index (κ3) is 13.4. The monoisotopic (exact) mass is 668 g/mol. The maximum Gasteiger partial charge on any atom is 0.411 e. The lowest BCUT2D eigenvalue weighted by atomic mass is 9.83. The summed E-state index contributed by atoms with van der Waals surface area (Å²) in [6.45, 7) is 9.63. The van der Waals surface area contributed by atoms with Crippen LogP contribution in [-0.4, -0.2) is 111 Å². The third-order valence-corrected chi connectivity index (χ3v) is 7.91. The number of carbonyl (C=O) groups is 7. The second-order valence-electron chi connectivity index (χ2n) is 14.2. The maximum atomic E-state index is 14.0. The second-order valence-corrected chi connectivity index (χ2v) is 14.2. The zero-order chi connectivity index (χ0) is 35.5. The Morgan fingerprint density at radius 2 is 1.49 bits per heavy atom. The summed E-state index contributed by atoms with van der Waals surface area (Å²) in [4.78, 5) is 90.4. The molecule has 0 bridgehead atoms. The van der Waals surface area contributed by atoms with Gasteiger partial charge in [-0.3, -0.25) is 24.1 Å². The van der Waals surface area contributed by atoms with Crippen molar-refractivity contribution in [1.82, 2.24) is 20.4 Å². The molecule has 1 heterocycles. The molecule has 47 heavy (non-hydrogen) atoms. The Labute approximate surface area is 276 Å². The molecule has 1 saturated carbocycles. The zero-order valence-electron chi connectivity index (χ0n) is 28.5. The first-order chi connectivity index (χ1) is 21.8. The first kappa shape index (κ1) is 39.3. The molecule has 0 unspecified atom stereocenters. The molecule has 0 radical (unpaired) electrons. The molecule has 4 N–H and O–H groups in total. The van der Waals surface area contributed by atoms with Crippen molar-refractivity contribution in [1.29, 1.82) is 0 Å². The van der Waals surface area contributed by atoms with Crippen LogP contribution in [0.25, 0.3) is 0 Å². The lowest BCUT2D eigenvalue weighted by molar-refractivity contribution is -0.155. The smallest absolute Gasteiger partial charge is 0.411 e. The first-order valence-corrected chi connectivity index (χ1v) is 16.3. The van der Waals surface area contributed by atoms with E-state index in [0.717, 1.165) is 37.0 Å². The number of ketones is 1. The number of carbonyl (C=O) groups excluding carboxylic acids is 5. The van der Waals surface area contributed by atoms with Crippen molar-refractivity contribution >= 4 is 41.7 Å². The molecular weight excluding hydrogens is 616 g/mol. The SMILES string of the molecule is CC(C)(C)OC(=O)NCCCC[C@H](NC(=O)[C@@H]1CCN1C(=O)[C@@H](CC1CCCCC1)N(CC(=O)O)C(=O)OC(C)(C)C)C(=O)C(=O)O. The summed E-state index contributed by atoms with van der Waals surface area (Å²) < 4.78 is 10.6. The highest BCUT2D eigenvalue weighted by atomic mass is 16.6. The van der Waals surface area contributed by atoms with Gasteiger partial charge in [0.2, 0.25) is 11.8 Å². The van der Waals surface area contributed by atoms with Crippen molar-refractivity contribution in [3.8, 4) is 0 Å². The molecule has 1 aliphatic carbocycles. The molecule has 2 fully saturated rings. The molecule has 2 rings (SSSR count). The fraction of sp³-hybridized carbons (Fsp3) is 0.781. The summed E-state index contributed by atoms with van der Waals surface area (Å²) in [6.07, 6.45) is 4.07. The summed E-state index contributed by atoms with van der Waals surface area (Å²) >= 11 is 0. The van der Waals surface area contributed by atoms with Gasteiger partial charge in [-0.2, -0.15) is 0 Å². The van der Waals surface area contributed by atoms with Gasteiger partial charge in [-0.05, 0) is 79.6 Å². The highest BCUT2D eigenvalue weighted by molar-refractivity contribution is 6.35. The standard InChI is InChI=1S/C32H52N4O11/c1-31(2,3)46-29(44)33-16-11-10-14-21(25(39)28(42)43)34-26(40)22-15-17-35(22)27(41)23(18-20-12-8-7-9-13-20)36(19-24(37)38)30(45)47-32(4,5)6/h20-23H,7-19H2,1-6H3,(H,33,44)(H,34,40)(H,37,38)(H,42,43)/t21-,22-,23+/m0/s1. The average molecular weight is 669 g/mol. The number of amides is 4. The predicted octanol–water partition coefficient (Wildman–Crippen LogP) is 3.08. The second kappa shape index (κ2) is 17.3. The van der Waals surface area contributed by atoms with Crippen LogP contribution in [0, 0.1) is 5.92 Å². The van der Waals surface area contributed by atoms with Gasteiger partial charge < -0.3 is 35.2 Å². The zero-order valence-corrected chi connectivity index (χ0v) is 28.5. The van der Waals surface area contributed by atoms with Gasteiger partial charge in [-0.25, -0.2) is 14.4 Å². The van der Waals surface area contributed by atoms with Gasteiger partial charge in [0.05, 0.1) is 6.04 Å². The van der Waals surface area contributed by atoms with E-state index in [9.17, 15) is 43.8 Å². The van der Waals surface area contributed by atoms with Crippen LogP contribution in [0.5, 0.6) is 0 Å². The van der Waals surface area contributed by atoms with Crippen LogP contribution in [0.2, 0.25) is 0 Å². The molecule has 266 valence electrons. The van der Waals surface area contributed by atoms with Crippen LogP contribution < -0.4 is 10.6 Å². The van der Waals surface area contributed by atoms with Gasteiger partial charge in [-0.15, -0.1) is 0 Å². The number of carboxylic acid groups (broad SMARTS) is 2. The Bertz CT molecular complexity index is 1150. The van der Waals surface area contributed by atoms with E-state index in [1.807, 2.05) is 0 Å². The molecule has 0 aromatic rings. The number of alkyl carbamates (subject to hydrolysis) is 1. The van der Waals surface area contributed by atoms with E-state index in [0.29, 0.717) is 6.42 Å². The Morgan fingerprint density at radius 3 is 2.00 bits per heavy atom. The molecule has 0 aromatic heterocycles. The van der Waals surface area contributed by atoms with Crippen LogP contribution >= 0.6 is 0 Å². The van der Waals surface area contributed by atoms with Crippen molar-refractivity contribution in [3.05, 3.63) is 0 Å². The number of ether oxygens (including phenoxy) is 2. The van der Waals surface area contributed by atoms with Gasteiger partial charge >= 0.3 is 24.1 Å². The summed E-state index contributed by atoms with van der Waals surface area (Å²) in [5.41, 5.74) is -1.63. The fourth-order valence-electron chi connectivity index (χ4n) is 5.65. The van der Waals surface area contributed by atoms with E-state index in [1.54, 1.807) is 41.5 Å². The van der Waals surface area contributed by atoms with Gasteiger partial charge in [0, 0.05) is 13.1 Å². The van der Waals surface area contributed by atoms with E-state index in [2.05, 4.69) is 10.6 Å². The Morgan fingerprint density at radius 1 is 0.872 bits per heavy atom. The molecular formula is C32H52N4O11. The number of nitrogens with one attached hydrogen (secondary N) is 2. The maximum absolute atomic E-state index is 14.0. The van der Waals surface area contributed by atoms with Crippen molar-refractivity contribution in [2.75, 3.05) is 19.6 Å². The summed E-state index contributed by atoms with van der Waals surface area (Å²) in [5, 5.41) is 24.1. The number of carboxylic acids is 2. The number of Topliss-reactive ketones (excluding diaryl/α,β-unsaturated/α-hetero) is 1. The highest BCUT2D eigenvalue weighted by Crippen LogP contribution is 2.31.